The molecule has 5 heteroatoms. The van der Waals surface area contributed by atoms with Crippen molar-refractivity contribution in [3.63, 3.8) is 0 Å². The molecule has 0 aromatic heterocycles. The molecule has 1 rings (SSSR count). The summed E-state index contributed by atoms with van der Waals surface area (Å²) in [5.74, 6) is -0.479. The van der Waals surface area contributed by atoms with E-state index in [4.69, 9.17) is 4.74 Å². The van der Waals surface area contributed by atoms with Crippen LogP contribution in [0.4, 0.5) is 4.79 Å². The molecule has 1 aromatic rings. The molecular weight excluding hydrogens is 214 g/mol. The van der Waals surface area contributed by atoms with Crippen LogP contribution in [0.1, 0.15) is 0 Å². The molecule has 0 unspecified atom stereocenters. The molecule has 0 spiro atoms. The quantitative estimate of drug-likeness (QED) is 0.483. The molecule has 79 valence electrons. The minimum absolute atomic E-state index is 0.152. The van der Waals surface area contributed by atoms with Crippen molar-refractivity contribution in [2.75, 3.05) is 6.73 Å². The number of carbonyl (C=O) groups is 2. The summed E-state index contributed by atoms with van der Waals surface area (Å²) in [6.07, 6.45) is 0. The Balaban J connectivity index is 2.28. The lowest BCUT2D eigenvalue weighted by Crippen LogP contribution is -2.24. The van der Waals surface area contributed by atoms with Crippen LogP contribution in [0.2, 0.25) is 0 Å². The zero-order valence-corrected chi connectivity index (χ0v) is 8.75. The predicted molar refractivity (Wildman–Crippen MR) is 57.1 cm³/mol. The fourth-order valence-corrected chi connectivity index (χ4v) is 1.39. The van der Waals surface area contributed by atoms with Crippen LogP contribution in [0, 0.1) is 6.92 Å². The summed E-state index contributed by atoms with van der Waals surface area (Å²) in [5.41, 5.74) is 0. The molecule has 0 aliphatic rings. The van der Waals surface area contributed by atoms with Gasteiger partial charge in [0.05, 0.1) is 0 Å². The minimum Gasteiger partial charge on any atom is -0.436 e. The van der Waals surface area contributed by atoms with E-state index in [0.29, 0.717) is 0 Å². The molecule has 0 aliphatic carbocycles. The molecule has 0 saturated heterocycles. The van der Waals surface area contributed by atoms with Gasteiger partial charge in [-0.3, -0.25) is 4.79 Å². The highest BCUT2D eigenvalue weighted by Gasteiger charge is 2.04. The molecule has 1 radical (unpaired) electrons. The number of nitrogens with one attached hydrogen (secondary N) is 1. The lowest BCUT2D eigenvalue weighted by Gasteiger charge is -2.03. The third-order valence-corrected chi connectivity index (χ3v) is 2.20. The normalized spacial score (nSPS) is 9.40. The summed E-state index contributed by atoms with van der Waals surface area (Å²) in [6.45, 7) is 2.92. The summed E-state index contributed by atoms with van der Waals surface area (Å²) in [7, 11) is 0. The Morgan fingerprint density at radius 2 is 2.00 bits per heavy atom. The van der Waals surface area contributed by atoms with Gasteiger partial charge in [0, 0.05) is 11.8 Å². The van der Waals surface area contributed by atoms with Crippen molar-refractivity contribution in [3.05, 3.63) is 37.3 Å². The van der Waals surface area contributed by atoms with Crippen LogP contribution in [0.5, 0.6) is 0 Å². The molecule has 4 nitrogen and oxygen atoms in total. The van der Waals surface area contributed by atoms with Gasteiger partial charge in [-0.05, 0) is 23.9 Å². The van der Waals surface area contributed by atoms with Gasteiger partial charge in [-0.25, -0.2) is 4.79 Å². The van der Waals surface area contributed by atoms with Crippen LogP contribution < -0.4 is 5.32 Å². The molecule has 0 atom stereocenters. The van der Waals surface area contributed by atoms with Crippen molar-refractivity contribution < 1.29 is 14.3 Å². The second kappa shape index (κ2) is 6.08. The van der Waals surface area contributed by atoms with E-state index >= 15 is 0 Å². The summed E-state index contributed by atoms with van der Waals surface area (Å²) in [6, 6.07) is 9.11. The Kier molecular flexibility index (Phi) is 4.70. The summed E-state index contributed by atoms with van der Waals surface area (Å²) in [5, 5.41) is 1.79. The highest BCUT2D eigenvalue weighted by molar-refractivity contribution is 8.13. The van der Waals surface area contributed by atoms with E-state index in [9.17, 15) is 9.59 Å². The van der Waals surface area contributed by atoms with Crippen molar-refractivity contribution >= 4 is 23.0 Å². The van der Waals surface area contributed by atoms with Crippen LogP contribution in [-0.2, 0) is 9.53 Å². The van der Waals surface area contributed by atoms with Crippen LogP contribution in [0.25, 0.3) is 0 Å². The SMILES string of the molecule is [CH2]C(=O)NCOC(=O)Sc1ccccc1. The maximum Gasteiger partial charge on any atom is 0.373 e. The maximum absolute atomic E-state index is 11.2. The zero-order valence-electron chi connectivity index (χ0n) is 7.93. The molecule has 0 aliphatic heterocycles. The van der Waals surface area contributed by atoms with Crippen LogP contribution in [0.15, 0.2) is 35.2 Å². The van der Waals surface area contributed by atoms with E-state index in [1.807, 2.05) is 18.2 Å². The Bertz CT molecular complexity index is 340. The fraction of sp³-hybridized carbons (Fsp3) is 0.100. The van der Waals surface area contributed by atoms with E-state index in [1.54, 1.807) is 12.1 Å². The van der Waals surface area contributed by atoms with Crippen molar-refractivity contribution in [2.24, 2.45) is 0 Å². The third kappa shape index (κ3) is 5.07. The third-order valence-electron chi connectivity index (χ3n) is 1.40. The van der Waals surface area contributed by atoms with E-state index in [-0.39, 0.29) is 6.73 Å². The Morgan fingerprint density at radius 3 is 2.60 bits per heavy atom. The summed E-state index contributed by atoms with van der Waals surface area (Å²) in [4.78, 5) is 22.3. The number of amides is 1. The number of ether oxygens (including phenoxy) is 1. The number of thioether (sulfide) groups is 1. The van der Waals surface area contributed by atoms with Crippen LogP contribution in [-0.4, -0.2) is 17.9 Å². The molecule has 0 bridgehead atoms. The molecule has 0 heterocycles. The average Bonchev–Trinajstić information content (AvgIpc) is 2.18. The first-order valence-electron chi connectivity index (χ1n) is 4.18. The topological polar surface area (TPSA) is 55.4 Å². The molecule has 1 amide bonds. The zero-order chi connectivity index (χ0) is 11.1. The smallest absolute Gasteiger partial charge is 0.373 e. The Hall–Kier alpha value is -1.49. The minimum atomic E-state index is -0.479. The van der Waals surface area contributed by atoms with Crippen LogP contribution >= 0.6 is 11.8 Å². The van der Waals surface area contributed by atoms with Gasteiger partial charge in [0.25, 0.3) is 0 Å². The lowest BCUT2D eigenvalue weighted by atomic mass is 10.4. The number of hydrogen-bond donors (Lipinski definition) is 1. The number of carbonyl (C=O) groups excluding carboxylic acids is 2. The lowest BCUT2D eigenvalue weighted by molar-refractivity contribution is -0.117. The molecule has 0 fully saturated rings. The first-order chi connectivity index (χ1) is 7.18. The molecule has 1 N–H and O–H groups in total. The molecule has 0 saturated carbocycles. The largest absolute Gasteiger partial charge is 0.436 e. The number of hydrogen-bond acceptors (Lipinski definition) is 4. The van der Waals surface area contributed by atoms with Gasteiger partial charge in [-0.1, -0.05) is 18.2 Å². The number of rotatable bonds is 3. The summed E-state index contributed by atoms with van der Waals surface area (Å²) < 4.78 is 4.71. The first kappa shape index (κ1) is 11.6. The van der Waals surface area contributed by atoms with Gasteiger partial charge in [-0.15, -0.1) is 0 Å². The van der Waals surface area contributed by atoms with Gasteiger partial charge in [0.1, 0.15) is 0 Å². The fourth-order valence-electron chi connectivity index (χ4n) is 0.790. The number of benzene rings is 1. The highest BCUT2D eigenvalue weighted by atomic mass is 32.2. The standard InChI is InChI=1S/C10H10NO3S/c1-8(12)11-7-14-10(13)15-9-5-3-2-4-6-9/h2-6H,1,7H2,(H,11,12). The Labute approximate surface area is 92.0 Å². The first-order valence-corrected chi connectivity index (χ1v) is 4.99. The van der Waals surface area contributed by atoms with Gasteiger partial charge in [-0.2, -0.15) is 0 Å². The van der Waals surface area contributed by atoms with Gasteiger partial charge < -0.3 is 10.1 Å². The van der Waals surface area contributed by atoms with E-state index in [1.165, 1.54) is 0 Å². The van der Waals surface area contributed by atoms with Gasteiger partial charge >= 0.3 is 5.30 Å². The van der Waals surface area contributed by atoms with E-state index < -0.39 is 11.2 Å². The second-order valence-electron chi connectivity index (χ2n) is 2.55. The van der Waals surface area contributed by atoms with Crippen molar-refractivity contribution in [2.45, 2.75) is 4.90 Å². The van der Waals surface area contributed by atoms with Gasteiger partial charge in [0.2, 0.25) is 5.91 Å². The van der Waals surface area contributed by atoms with E-state index in [0.717, 1.165) is 16.7 Å². The van der Waals surface area contributed by atoms with E-state index in [2.05, 4.69) is 12.2 Å². The second-order valence-corrected chi connectivity index (χ2v) is 3.56. The molecule has 1 aromatic carbocycles. The van der Waals surface area contributed by atoms with Crippen LogP contribution in [0.3, 0.4) is 0 Å². The van der Waals surface area contributed by atoms with Crippen molar-refractivity contribution in [3.8, 4) is 0 Å². The summed E-state index contributed by atoms with van der Waals surface area (Å²) >= 11 is 0.962. The van der Waals surface area contributed by atoms with Crippen molar-refractivity contribution in [1.29, 1.82) is 0 Å². The highest BCUT2D eigenvalue weighted by Crippen LogP contribution is 2.18. The van der Waals surface area contributed by atoms with Crippen molar-refractivity contribution in [1.82, 2.24) is 5.32 Å². The van der Waals surface area contributed by atoms with Gasteiger partial charge in [0.15, 0.2) is 6.73 Å². The predicted octanol–water partition coefficient (Wildman–Crippen LogP) is 1.82. The monoisotopic (exact) mass is 224 g/mol. The Morgan fingerprint density at radius 1 is 1.33 bits per heavy atom. The molecular formula is C10H10NO3S. The maximum atomic E-state index is 11.2. The average molecular weight is 224 g/mol. The molecule has 15 heavy (non-hydrogen) atoms.